The molecule has 2 aliphatic heterocycles. The fourth-order valence-corrected chi connectivity index (χ4v) is 8.09. The van der Waals surface area contributed by atoms with E-state index in [1.165, 1.54) is 138 Å². The summed E-state index contributed by atoms with van der Waals surface area (Å²) < 4.78 is 3.04. The van der Waals surface area contributed by atoms with Crippen molar-refractivity contribution in [2.24, 2.45) is 11.8 Å². The van der Waals surface area contributed by atoms with Gasteiger partial charge in [-0.3, -0.25) is 0 Å². The Bertz CT molecular complexity index is 430. The summed E-state index contributed by atoms with van der Waals surface area (Å²) in [6, 6.07) is 0. The van der Waals surface area contributed by atoms with Crippen molar-refractivity contribution in [2.75, 3.05) is 52.4 Å². The van der Waals surface area contributed by atoms with Gasteiger partial charge in [0, 0.05) is 11.8 Å². The van der Waals surface area contributed by atoms with Gasteiger partial charge in [0.2, 0.25) is 0 Å². The molecule has 0 aromatic rings. The maximum absolute atomic E-state index is 1.54. The molecule has 2 aliphatic carbocycles. The highest BCUT2D eigenvalue weighted by Gasteiger charge is 2.35. The van der Waals surface area contributed by atoms with Crippen LogP contribution >= 0.6 is 0 Å². The van der Waals surface area contributed by atoms with Crippen LogP contribution < -0.4 is 48.0 Å². The minimum Gasteiger partial charge on any atom is -1.00 e. The zero-order chi connectivity index (χ0) is 20.5. The summed E-state index contributed by atoms with van der Waals surface area (Å²) in [4.78, 5) is 0. The highest BCUT2D eigenvalue weighted by molar-refractivity contribution is 4.70. The van der Waals surface area contributed by atoms with Crippen molar-refractivity contribution < 1.29 is 56.9 Å². The number of nitrogens with zero attached hydrogens (tertiary/aromatic N) is 2. The van der Waals surface area contributed by atoms with Crippen LogP contribution in [0.25, 0.3) is 0 Å². The van der Waals surface area contributed by atoms with Gasteiger partial charge in [-0.1, -0.05) is 25.7 Å². The summed E-state index contributed by atoms with van der Waals surface area (Å²) in [6.45, 7) is 12.2. The predicted octanol–water partition coefficient (Wildman–Crippen LogP) is 0.937. The molecule has 2 nitrogen and oxygen atoms in total. The first-order valence-electron chi connectivity index (χ1n) is 14.5. The largest absolute Gasteiger partial charge is 1.00 e. The molecule has 0 aromatic heterocycles. The highest BCUT2D eigenvalue weighted by Crippen LogP contribution is 2.32. The molecule has 190 valence electrons. The number of likely N-dealkylation sites (tertiary alicyclic amines) is 2. The maximum atomic E-state index is 1.54. The van der Waals surface area contributed by atoms with Gasteiger partial charge in [0.25, 0.3) is 0 Å². The van der Waals surface area contributed by atoms with Crippen LogP contribution in [0.5, 0.6) is 0 Å². The van der Waals surface area contributed by atoms with Gasteiger partial charge >= 0.3 is 0 Å². The lowest BCUT2D eigenvalue weighted by molar-refractivity contribution is -0.936. The molecule has 4 rings (SSSR count). The Balaban J connectivity index is 0.00000181. The molecule has 32 heavy (non-hydrogen) atoms. The minimum atomic E-state index is 0. The van der Waals surface area contributed by atoms with E-state index in [2.05, 4.69) is 0 Å². The maximum Gasteiger partial charge on any atom is 0.0815 e. The van der Waals surface area contributed by atoms with Crippen LogP contribution in [0.3, 0.4) is 0 Å². The summed E-state index contributed by atoms with van der Waals surface area (Å²) in [5.74, 6) is 2.14. The molecule has 0 N–H and O–H groups in total. The number of hydrogen-bond donors (Lipinski definition) is 0. The lowest BCUT2D eigenvalue weighted by atomic mass is 9.99. The first-order chi connectivity index (χ1) is 14.8. The first kappa shape index (κ1) is 29.6. The molecule has 4 aliphatic rings. The Kier molecular flexibility index (Phi) is 14.3. The first-order valence-corrected chi connectivity index (χ1v) is 14.5. The van der Waals surface area contributed by atoms with E-state index in [0.717, 1.165) is 11.8 Å². The van der Waals surface area contributed by atoms with E-state index >= 15 is 0 Å². The monoisotopic (exact) mass is 672 g/mol. The van der Waals surface area contributed by atoms with E-state index < -0.39 is 0 Å². The molecule has 4 fully saturated rings. The van der Waals surface area contributed by atoms with Crippen LogP contribution in [-0.2, 0) is 0 Å². The molecule has 0 bridgehead atoms. The van der Waals surface area contributed by atoms with E-state index in [0.29, 0.717) is 0 Å². The Hall–Kier alpha value is 1.38. The summed E-state index contributed by atoms with van der Waals surface area (Å²) in [5, 5.41) is 0. The van der Waals surface area contributed by atoms with Crippen LogP contribution in [0.2, 0.25) is 0 Å². The van der Waals surface area contributed by atoms with E-state index in [4.69, 9.17) is 0 Å². The quantitative estimate of drug-likeness (QED) is 0.174. The number of rotatable bonds is 11. The van der Waals surface area contributed by atoms with Crippen molar-refractivity contribution in [3.05, 3.63) is 0 Å². The third-order valence-electron chi connectivity index (χ3n) is 9.79. The lowest BCUT2D eigenvalue weighted by Crippen LogP contribution is -3.00. The molecule has 0 atom stereocenters. The Morgan fingerprint density at radius 1 is 0.406 bits per heavy atom. The van der Waals surface area contributed by atoms with E-state index in [9.17, 15) is 0 Å². The number of quaternary nitrogens is 2. The molecule has 2 saturated heterocycles. The topological polar surface area (TPSA) is 0 Å². The lowest BCUT2D eigenvalue weighted by Gasteiger charge is -2.44. The Labute approximate surface area is 235 Å². The molecular weight excluding hydrogens is 618 g/mol. The van der Waals surface area contributed by atoms with Crippen LogP contribution in [0.1, 0.15) is 116 Å². The molecule has 2 heterocycles. The molecule has 0 amide bonds. The van der Waals surface area contributed by atoms with Gasteiger partial charge in [-0.15, -0.1) is 0 Å². The second kappa shape index (κ2) is 15.5. The SMILES string of the molecule is C(CCC[N+]1(CC2CCCC2)CCCCC1)CC[N+]1(CC2CCCC2)CCCCC1.[I-].[I-]. The summed E-state index contributed by atoms with van der Waals surface area (Å²) >= 11 is 0. The molecule has 4 heteroatoms. The van der Waals surface area contributed by atoms with Gasteiger partial charge < -0.3 is 56.9 Å². The predicted molar refractivity (Wildman–Crippen MR) is 130 cm³/mol. The van der Waals surface area contributed by atoms with Gasteiger partial charge in [0.05, 0.1) is 52.4 Å². The number of halogens is 2. The fourth-order valence-electron chi connectivity index (χ4n) is 8.09. The zero-order valence-electron chi connectivity index (χ0n) is 21.2. The van der Waals surface area contributed by atoms with Crippen molar-refractivity contribution in [2.45, 2.75) is 116 Å². The molecule has 2 saturated carbocycles. The fraction of sp³-hybridized carbons (Fsp3) is 1.00. The normalized spacial score (nSPS) is 25.9. The zero-order valence-corrected chi connectivity index (χ0v) is 25.5. The van der Waals surface area contributed by atoms with Gasteiger partial charge in [0.15, 0.2) is 0 Å². The van der Waals surface area contributed by atoms with Crippen molar-refractivity contribution in [1.82, 2.24) is 0 Å². The molecule has 0 radical (unpaired) electrons. The molecular formula is C28H54I2N2. The average Bonchev–Trinajstić information content (AvgIpc) is 3.46. The standard InChI is InChI=1S/C28H54N2.2HI/c1(9-19-29(21-11-3-12-22-29)25-27-15-5-6-16-27)2-10-20-30(23-13-4-14-24-30)26-28-17-7-8-18-28;;/h27-28H,1-26H2;2*1H/q+2;;/p-2. The van der Waals surface area contributed by atoms with Gasteiger partial charge in [-0.2, -0.15) is 0 Å². The minimum absolute atomic E-state index is 0. The van der Waals surface area contributed by atoms with Crippen LogP contribution in [-0.4, -0.2) is 61.3 Å². The molecule has 0 spiro atoms. The second-order valence-electron chi connectivity index (χ2n) is 12.2. The third-order valence-corrected chi connectivity index (χ3v) is 9.79. The summed E-state index contributed by atoms with van der Waals surface area (Å²) in [7, 11) is 0. The number of piperidine rings is 2. The Morgan fingerprint density at radius 3 is 1.09 bits per heavy atom. The molecule has 0 aromatic carbocycles. The Morgan fingerprint density at radius 2 is 0.750 bits per heavy atom. The second-order valence-corrected chi connectivity index (χ2v) is 12.2. The van der Waals surface area contributed by atoms with Crippen molar-refractivity contribution >= 4 is 0 Å². The average molecular weight is 673 g/mol. The van der Waals surface area contributed by atoms with Gasteiger partial charge in [-0.25, -0.2) is 0 Å². The van der Waals surface area contributed by atoms with E-state index in [1.807, 2.05) is 0 Å². The highest BCUT2D eigenvalue weighted by atomic mass is 127. The summed E-state index contributed by atoms with van der Waals surface area (Å²) in [6.07, 6.45) is 27.3. The van der Waals surface area contributed by atoms with E-state index in [1.54, 1.807) is 38.8 Å². The van der Waals surface area contributed by atoms with Crippen molar-refractivity contribution in [3.8, 4) is 0 Å². The van der Waals surface area contributed by atoms with Crippen LogP contribution in [0.4, 0.5) is 0 Å². The smallest absolute Gasteiger partial charge is 0.0815 e. The number of unbranched alkanes of at least 4 members (excludes halogenated alkanes) is 3. The van der Waals surface area contributed by atoms with Gasteiger partial charge in [0.1, 0.15) is 0 Å². The van der Waals surface area contributed by atoms with Crippen LogP contribution in [0, 0.1) is 11.8 Å². The van der Waals surface area contributed by atoms with Crippen molar-refractivity contribution in [1.29, 1.82) is 0 Å². The van der Waals surface area contributed by atoms with E-state index in [-0.39, 0.29) is 48.0 Å². The molecule has 0 unspecified atom stereocenters. The van der Waals surface area contributed by atoms with Gasteiger partial charge in [-0.05, 0) is 89.9 Å². The summed E-state index contributed by atoms with van der Waals surface area (Å²) in [5.41, 5.74) is 0. The third kappa shape index (κ3) is 9.11. The number of hydrogen-bond acceptors (Lipinski definition) is 0. The van der Waals surface area contributed by atoms with Crippen LogP contribution in [0.15, 0.2) is 0 Å². The van der Waals surface area contributed by atoms with Crippen molar-refractivity contribution in [3.63, 3.8) is 0 Å².